The highest BCUT2D eigenvalue weighted by atomic mass is 16.2. The molecule has 2 fully saturated rings. The van der Waals surface area contributed by atoms with Gasteiger partial charge in [-0.15, -0.1) is 0 Å². The number of benzene rings is 1. The lowest BCUT2D eigenvalue weighted by Crippen LogP contribution is -2.28. The van der Waals surface area contributed by atoms with Crippen molar-refractivity contribution in [3.63, 3.8) is 0 Å². The van der Waals surface area contributed by atoms with Gasteiger partial charge in [-0.25, -0.2) is 0 Å². The monoisotopic (exact) mass is 281 g/mol. The Morgan fingerprint density at radius 1 is 1.24 bits per heavy atom. The summed E-state index contributed by atoms with van der Waals surface area (Å²) in [6.07, 6.45) is 5.19. The van der Waals surface area contributed by atoms with Crippen LogP contribution in [0.5, 0.6) is 0 Å². The summed E-state index contributed by atoms with van der Waals surface area (Å²) in [5, 5.41) is 3.14. The smallest absolute Gasteiger partial charge is 0.268 e. The summed E-state index contributed by atoms with van der Waals surface area (Å²) >= 11 is 0. The van der Waals surface area contributed by atoms with E-state index >= 15 is 0 Å². The molecule has 2 unspecified atom stereocenters. The third-order valence-corrected chi connectivity index (χ3v) is 4.38. The number of nitrogens with zero attached hydrogens (tertiary/aromatic N) is 1. The number of anilines is 1. The fourth-order valence-electron chi connectivity index (χ4n) is 3.00. The fourth-order valence-corrected chi connectivity index (χ4v) is 3.00. The normalized spacial score (nSPS) is 23.8. The summed E-state index contributed by atoms with van der Waals surface area (Å²) in [7, 11) is 0. The standard InChI is InChI=1S/C17H19N3O/c18-12-8-16(20(10-12)13-6-7-13)17(21)19-15-9-14(15)11-4-2-1-3-5-11/h1-5,8,10,13-15H,6-7,9,18H2,(H,19,21). The molecule has 2 saturated carbocycles. The van der Waals surface area contributed by atoms with Crippen molar-refractivity contribution in [1.82, 2.24) is 9.88 Å². The summed E-state index contributed by atoms with van der Waals surface area (Å²) in [5.41, 5.74) is 8.52. The molecule has 0 spiro atoms. The third-order valence-electron chi connectivity index (χ3n) is 4.38. The average molecular weight is 281 g/mol. The Balaban J connectivity index is 1.45. The van der Waals surface area contributed by atoms with Crippen LogP contribution >= 0.6 is 0 Å². The van der Waals surface area contributed by atoms with E-state index in [4.69, 9.17) is 5.73 Å². The van der Waals surface area contributed by atoms with Gasteiger partial charge in [-0.1, -0.05) is 30.3 Å². The summed E-state index contributed by atoms with van der Waals surface area (Å²) < 4.78 is 2.03. The number of carbonyl (C=O) groups excluding carboxylic acids is 1. The van der Waals surface area contributed by atoms with E-state index < -0.39 is 0 Å². The van der Waals surface area contributed by atoms with Gasteiger partial charge in [0.05, 0.1) is 5.69 Å². The second-order valence-corrected chi connectivity index (χ2v) is 6.13. The average Bonchev–Trinajstić information content (AvgIpc) is 3.40. The molecule has 4 rings (SSSR count). The van der Waals surface area contributed by atoms with Gasteiger partial charge < -0.3 is 15.6 Å². The Bertz CT molecular complexity index is 673. The molecule has 2 aliphatic carbocycles. The van der Waals surface area contributed by atoms with E-state index in [9.17, 15) is 4.79 Å². The van der Waals surface area contributed by atoms with E-state index in [0.717, 1.165) is 19.3 Å². The molecule has 4 heteroatoms. The Kier molecular flexibility index (Phi) is 2.77. The van der Waals surface area contributed by atoms with Crippen LogP contribution in [0.2, 0.25) is 0 Å². The molecule has 2 atom stereocenters. The molecule has 2 aliphatic rings. The number of aromatic nitrogens is 1. The van der Waals surface area contributed by atoms with Gasteiger partial charge >= 0.3 is 0 Å². The quantitative estimate of drug-likeness (QED) is 0.905. The lowest BCUT2D eigenvalue weighted by atomic mass is 10.1. The predicted octanol–water partition coefficient (Wildman–Crippen LogP) is 2.69. The maximum absolute atomic E-state index is 12.5. The second kappa shape index (κ2) is 4.65. The number of rotatable bonds is 4. The Morgan fingerprint density at radius 3 is 2.71 bits per heavy atom. The van der Waals surface area contributed by atoms with Crippen molar-refractivity contribution in [3.05, 3.63) is 53.9 Å². The first-order valence-electron chi connectivity index (χ1n) is 7.55. The molecule has 108 valence electrons. The van der Waals surface area contributed by atoms with Gasteiger partial charge in [0.25, 0.3) is 5.91 Å². The minimum Gasteiger partial charge on any atom is -0.397 e. The molecule has 1 amide bonds. The molecule has 0 saturated heterocycles. The maximum Gasteiger partial charge on any atom is 0.268 e. The van der Waals surface area contributed by atoms with E-state index in [0.29, 0.717) is 23.3 Å². The largest absolute Gasteiger partial charge is 0.397 e. The Morgan fingerprint density at radius 2 is 2.00 bits per heavy atom. The summed E-state index contributed by atoms with van der Waals surface area (Å²) in [5.74, 6) is 0.457. The number of nitrogens with two attached hydrogens (primary N) is 1. The molecular formula is C17H19N3O. The van der Waals surface area contributed by atoms with Crippen molar-refractivity contribution in [3.8, 4) is 0 Å². The van der Waals surface area contributed by atoms with Gasteiger partial charge in [0, 0.05) is 24.2 Å². The Hall–Kier alpha value is -2.23. The van der Waals surface area contributed by atoms with Crippen LogP contribution < -0.4 is 11.1 Å². The van der Waals surface area contributed by atoms with Crippen molar-refractivity contribution in [2.75, 3.05) is 5.73 Å². The fraction of sp³-hybridized carbons (Fsp3) is 0.353. The zero-order valence-corrected chi connectivity index (χ0v) is 11.8. The minimum absolute atomic E-state index is 0.00188. The van der Waals surface area contributed by atoms with Gasteiger partial charge in [0.15, 0.2) is 0 Å². The van der Waals surface area contributed by atoms with Crippen molar-refractivity contribution in [1.29, 1.82) is 0 Å². The second-order valence-electron chi connectivity index (χ2n) is 6.13. The van der Waals surface area contributed by atoms with Crippen LogP contribution in [0.1, 0.15) is 47.3 Å². The zero-order chi connectivity index (χ0) is 14.4. The number of amides is 1. The van der Waals surface area contributed by atoms with Crippen LogP contribution in [0.3, 0.4) is 0 Å². The van der Waals surface area contributed by atoms with Crippen LogP contribution in [-0.4, -0.2) is 16.5 Å². The number of hydrogen-bond donors (Lipinski definition) is 2. The molecule has 0 bridgehead atoms. The zero-order valence-electron chi connectivity index (χ0n) is 11.8. The molecule has 0 aliphatic heterocycles. The van der Waals surface area contributed by atoms with Crippen molar-refractivity contribution in [2.45, 2.75) is 37.3 Å². The Labute approximate surface area is 124 Å². The van der Waals surface area contributed by atoms with Crippen LogP contribution in [-0.2, 0) is 0 Å². The molecule has 21 heavy (non-hydrogen) atoms. The molecule has 2 aromatic rings. The molecule has 4 nitrogen and oxygen atoms in total. The van der Waals surface area contributed by atoms with Crippen LogP contribution in [0, 0.1) is 0 Å². The van der Waals surface area contributed by atoms with Crippen LogP contribution in [0.4, 0.5) is 5.69 Å². The van der Waals surface area contributed by atoms with E-state index in [-0.39, 0.29) is 11.9 Å². The first kappa shape index (κ1) is 12.5. The summed E-state index contributed by atoms with van der Waals surface area (Å²) in [6.45, 7) is 0. The van der Waals surface area contributed by atoms with Crippen LogP contribution in [0.25, 0.3) is 0 Å². The van der Waals surface area contributed by atoms with E-state index in [1.54, 1.807) is 6.07 Å². The van der Waals surface area contributed by atoms with Gasteiger partial charge in [-0.2, -0.15) is 0 Å². The topological polar surface area (TPSA) is 60.1 Å². The van der Waals surface area contributed by atoms with Crippen molar-refractivity contribution < 1.29 is 4.79 Å². The molecule has 1 aromatic carbocycles. The lowest BCUT2D eigenvalue weighted by Gasteiger charge is -2.08. The SMILES string of the molecule is Nc1cc(C(=O)NC2CC2c2ccccc2)n(C2CC2)c1. The summed E-state index contributed by atoms with van der Waals surface area (Å²) in [6, 6.07) is 12.9. The van der Waals surface area contributed by atoms with Gasteiger partial charge in [0.2, 0.25) is 0 Å². The van der Waals surface area contributed by atoms with Crippen molar-refractivity contribution >= 4 is 11.6 Å². The summed E-state index contributed by atoms with van der Waals surface area (Å²) in [4.78, 5) is 12.5. The van der Waals surface area contributed by atoms with E-state index in [1.165, 1.54) is 5.56 Å². The lowest BCUT2D eigenvalue weighted by molar-refractivity contribution is 0.0941. The molecule has 1 heterocycles. The van der Waals surface area contributed by atoms with Gasteiger partial charge in [-0.05, 0) is 30.9 Å². The first-order chi connectivity index (χ1) is 10.2. The van der Waals surface area contributed by atoms with E-state index in [2.05, 4.69) is 17.4 Å². The maximum atomic E-state index is 12.5. The van der Waals surface area contributed by atoms with Crippen molar-refractivity contribution in [2.24, 2.45) is 0 Å². The van der Waals surface area contributed by atoms with E-state index in [1.807, 2.05) is 29.0 Å². The highest BCUT2D eigenvalue weighted by Gasteiger charge is 2.40. The third kappa shape index (κ3) is 2.42. The molecular weight excluding hydrogens is 262 g/mol. The molecule has 1 aromatic heterocycles. The molecule has 0 radical (unpaired) electrons. The predicted molar refractivity (Wildman–Crippen MR) is 82.2 cm³/mol. The van der Waals surface area contributed by atoms with Gasteiger partial charge in [0.1, 0.15) is 5.69 Å². The number of nitrogen functional groups attached to an aromatic ring is 1. The highest BCUT2D eigenvalue weighted by molar-refractivity contribution is 5.94. The first-order valence-corrected chi connectivity index (χ1v) is 7.55. The number of carbonyl (C=O) groups is 1. The van der Waals surface area contributed by atoms with Crippen LogP contribution in [0.15, 0.2) is 42.6 Å². The highest BCUT2D eigenvalue weighted by Crippen LogP contribution is 2.41. The minimum atomic E-state index is 0.00188. The molecule has 3 N–H and O–H groups in total. The van der Waals surface area contributed by atoms with Gasteiger partial charge in [-0.3, -0.25) is 4.79 Å². The number of nitrogens with one attached hydrogen (secondary N) is 1. The number of hydrogen-bond acceptors (Lipinski definition) is 2.